The predicted molar refractivity (Wildman–Crippen MR) is 76.1 cm³/mol. The summed E-state index contributed by atoms with van der Waals surface area (Å²) in [6.07, 6.45) is -0.328. The van der Waals surface area contributed by atoms with Crippen molar-refractivity contribution in [2.75, 3.05) is 26.2 Å². The monoisotopic (exact) mass is 307 g/mol. The molecule has 0 aliphatic carbocycles. The van der Waals surface area contributed by atoms with Crippen molar-refractivity contribution < 1.29 is 17.9 Å². The number of primary amides is 1. The van der Waals surface area contributed by atoms with Crippen molar-refractivity contribution in [3.63, 3.8) is 0 Å². The SMILES string of the molecule is CC(C)CN(CC(N)=O)S(=O)(=O)N1C[C@@H](C)O[C@H](C)C1. The Bertz CT molecular complexity index is 428. The van der Waals surface area contributed by atoms with E-state index in [-0.39, 0.29) is 31.2 Å². The minimum Gasteiger partial charge on any atom is -0.373 e. The number of carbonyl (C=O) groups excluding carboxylic acids is 1. The summed E-state index contributed by atoms with van der Waals surface area (Å²) < 4.78 is 33.3. The van der Waals surface area contributed by atoms with Gasteiger partial charge in [0, 0.05) is 19.6 Å². The Kier molecular flexibility index (Phi) is 5.93. The third-order valence-corrected chi connectivity index (χ3v) is 4.82. The van der Waals surface area contributed by atoms with Crippen LogP contribution in [0.4, 0.5) is 0 Å². The van der Waals surface area contributed by atoms with E-state index in [4.69, 9.17) is 10.5 Å². The molecule has 2 N–H and O–H groups in total. The molecule has 0 aromatic carbocycles. The van der Waals surface area contributed by atoms with Crippen LogP contribution in [0.1, 0.15) is 27.7 Å². The fourth-order valence-electron chi connectivity index (χ4n) is 2.30. The number of amides is 1. The quantitative estimate of drug-likeness (QED) is 0.734. The highest BCUT2D eigenvalue weighted by molar-refractivity contribution is 7.86. The second-order valence-electron chi connectivity index (χ2n) is 5.73. The molecule has 1 fully saturated rings. The lowest BCUT2D eigenvalue weighted by Crippen LogP contribution is -2.54. The molecular weight excluding hydrogens is 282 g/mol. The van der Waals surface area contributed by atoms with Crippen LogP contribution in [0.3, 0.4) is 0 Å². The van der Waals surface area contributed by atoms with E-state index in [1.54, 1.807) is 0 Å². The van der Waals surface area contributed by atoms with Gasteiger partial charge in [0.1, 0.15) is 0 Å². The van der Waals surface area contributed by atoms with Crippen LogP contribution in [0.15, 0.2) is 0 Å². The minimum atomic E-state index is -3.69. The van der Waals surface area contributed by atoms with E-state index in [1.807, 2.05) is 27.7 Å². The third kappa shape index (κ3) is 4.69. The summed E-state index contributed by atoms with van der Waals surface area (Å²) in [6.45, 7) is 8.02. The zero-order valence-electron chi connectivity index (χ0n) is 12.6. The standard InChI is InChI=1S/C12H25N3O4S/c1-9(2)5-14(8-12(13)16)20(17,18)15-6-10(3)19-11(4)7-15/h9-11H,5-8H2,1-4H3,(H2,13,16)/t10-,11-/m1/s1. The Morgan fingerprint density at radius 3 is 2.25 bits per heavy atom. The van der Waals surface area contributed by atoms with Crippen molar-refractivity contribution in [1.29, 1.82) is 0 Å². The highest BCUT2D eigenvalue weighted by Crippen LogP contribution is 2.18. The van der Waals surface area contributed by atoms with Crippen LogP contribution in [-0.2, 0) is 19.7 Å². The number of nitrogens with zero attached hydrogens (tertiary/aromatic N) is 2. The number of ether oxygens (including phenoxy) is 1. The van der Waals surface area contributed by atoms with Gasteiger partial charge in [-0.1, -0.05) is 13.8 Å². The number of hydrogen-bond acceptors (Lipinski definition) is 4. The molecule has 0 spiro atoms. The molecule has 0 bridgehead atoms. The van der Waals surface area contributed by atoms with E-state index in [9.17, 15) is 13.2 Å². The summed E-state index contributed by atoms with van der Waals surface area (Å²) in [6, 6.07) is 0. The summed E-state index contributed by atoms with van der Waals surface area (Å²) in [5, 5.41) is 0. The van der Waals surface area contributed by atoms with Crippen molar-refractivity contribution >= 4 is 16.1 Å². The molecule has 0 aromatic heterocycles. The Labute approximate surface area is 121 Å². The van der Waals surface area contributed by atoms with Crippen molar-refractivity contribution in [1.82, 2.24) is 8.61 Å². The Hall–Kier alpha value is -0.700. The van der Waals surface area contributed by atoms with Crippen molar-refractivity contribution in [3.05, 3.63) is 0 Å². The van der Waals surface area contributed by atoms with Crippen LogP contribution in [0, 0.1) is 5.92 Å². The summed E-state index contributed by atoms with van der Waals surface area (Å²) in [4.78, 5) is 11.1. The van der Waals surface area contributed by atoms with Gasteiger partial charge in [-0.3, -0.25) is 4.79 Å². The van der Waals surface area contributed by atoms with Gasteiger partial charge in [0.05, 0.1) is 18.8 Å². The van der Waals surface area contributed by atoms with E-state index in [1.165, 1.54) is 4.31 Å². The molecule has 2 atom stereocenters. The molecule has 118 valence electrons. The number of carbonyl (C=O) groups is 1. The number of rotatable bonds is 6. The first-order valence-electron chi connectivity index (χ1n) is 6.82. The largest absolute Gasteiger partial charge is 0.373 e. The number of nitrogens with two attached hydrogens (primary N) is 1. The minimum absolute atomic E-state index is 0.111. The molecule has 1 saturated heterocycles. The zero-order valence-corrected chi connectivity index (χ0v) is 13.4. The number of hydrogen-bond donors (Lipinski definition) is 1. The van der Waals surface area contributed by atoms with Crippen molar-refractivity contribution in [2.45, 2.75) is 39.9 Å². The normalized spacial score (nSPS) is 25.3. The van der Waals surface area contributed by atoms with Gasteiger partial charge in [0.25, 0.3) is 10.2 Å². The first-order chi connectivity index (χ1) is 9.12. The molecular formula is C12H25N3O4S. The fourth-order valence-corrected chi connectivity index (χ4v) is 4.20. The van der Waals surface area contributed by atoms with E-state index in [0.717, 1.165) is 4.31 Å². The molecule has 0 radical (unpaired) electrons. The van der Waals surface area contributed by atoms with Gasteiger partial charge < -0.3 is 10.5 Å². The highest BCUT2D eigenvalue weighted by Gasteiger charge is 2.36. The Balaban J connectivity index is 2.93. The Morgan fingerprint density at radius 2 is 1.85 bits per heavy atom. The van der Waals surface area contributed by atoms with Crippen LogP contribution >= 0.6 is 0 Å². The van der Waals surface area contributed by atoms with Crippen LogP contribution in [0.2, 0.25) is 0 Å². The van der Waals surface area contributed by atoms with Crippen LogP contribution in [0.5, 0.6) is 0 Å². The van der Waals surface area contributed by atoms with Gasteiger partial charge in [-0.2, -0.15) is 17.0 Å². The molecule has 1 rings (SSSR count). The molecule has 1 amide bonds. The van der Waals surface area contributed by atoms with Crippen molar-refractivity contribution in [2.24, 2.45) is 11.7 Å². The van der Waals surface area contributed by atoms with E-state index >= 15 is 0 Å². The first-order valence-corrected chi connectivity index (χ1v) is 8.21. The zero-order chi connectivity index (χ0) is 15.5. The van der Waals surface area contributed by atoms with Gasteiger partial charge in [-0.25, -0.2) is 0 Å². The maximum atomic E-state index is 12.6. The Morgan fingerprint density at radius 1 is 1.35 bits per heavy atom. The van der Waals surface area contributed by atoms with Crippen LogP contribution in [-0.4, -0.2) is 61.3 Å². The third-order valence-electron chi connectivity index (χ3n) is 2.94. The highest BCUT2D eigenvalue weighted by atomic mass is 32.2. The van der Waals surface area contributed by atoms with Crippen LogP contribution < -0.4 is 5.73 Å². The second kappa shape index (κ2) is 6.84. The molecule has 1 aliphatic heterocycles. The maximum absolute atomic E-state index is 12.6. The molecule has 1 heterocycles. The van der Waals surface area contributed by atoms with Crippen LogP contribution in [0.25, 0.3) is 0 Å². The first kappa shape index (κ1) is 17.4. The van der Waals surface area contributed by atoms with Gasteiger partial charge in [0.15, 0.2) is 0 Å². The summed E-state index contributed by atoms with van der Waals surface area (Å²) >= 11 is 0. The summed E-state index contributed by atoms with van der Waals surface area (Å²) in [5.41, 5.74) is 5.16. The second-order valence-corrected chi connectivity index (χ2v) is 7.66. The average Bonchev–Trinajstić information content (AvgIpc) is 2.25. The molecule has 1 aliphatic rings. The van der Waals surface area contributed by atoms with Gasteiger partial charge in [-0.15, -0.1) is 0 Å². The van der Waals surface area contributed by atoms with Gasteiger partial charge in [0.2, 0.25) is 5.91 Å². The maximum Gasteiger partial charge on any atom is 0.282 e. The van der Waals surface area contributed by atoms with E-state index in [0.29, 0.717) is 13.1 Å². The summed E-state index contributed by atoms with van der Waals surface area (Å²) in [7, 11) is -3.69. The fraction of sp³-hybridized carbons (Fsp3) is 0.917. The topological polar surface area (TPSA) is 92.9 Å². The molecule has 0 aromatic rings. The number of morpholine rings is 1. The molecule has 0 unspecified atom stereocenters. The average molecular weight is 307 g/mol. The lowest BCUT2D eigenvalue weighted by Gasteiger charge is -2.37. The predicted octanol–water partition coefficient (Wildman–Crippen LogP) is -0.216. The summed E-state index contributed by atoms with van der Waals surface area (Å²) in [5.74, 6) is -0.538. The van der Waals surface area contributed by atoms with Gasteiger partial charge >= 0.3 is 0 Å². The molecule has 20 heavy (non-hydrogen) atoms. The lowest BCUT2D eigenvalue weighted by atomic mass is 10.2. The van der Waals surface area contributed by atoms with Crippen molar-refractivity contribution in [3.8, 4) is 0 Å². The lowest BCUT2D eigenvalue weighted by molar-refractivity contribution is -0.118. The molecule has 7 nitrogen and oxygen atoms in total. The smallest absolute Gasteiger partial charge is 0.282 e. The van der Waals surface area contributed by atoms with E-state index < -0.39 is 16.1 Å². The molecule has 0 saturated carbocycles. The van der Waals surface area contributed by atoms with E-state index in [2.05, 4.69) is 0 Å². The van der Waals surface area contributed by atoms with Gasteiger partial charge in [-0.05, 0) is 19.8 Å². The molecule has 8 heteroatoms.